The Balaban J connectivity index is 2.07. The third kappa shape index (κ3) is 6.31. The molecule has 0 aliphatic rings. The molecule has 168 valence electrons. The summed E-state index contributed by atoms with van der Waals surface area (Å²) in [7, 11) is 0. The maximum atomic E-state index is 13.5. The van der Waals surface area contributed by atoms with Crippen molar-refractivity contribution in [3.8, 4) is 0 Å². The second-order valence-corrected chi connectivity index (χ2v) is 8.05. The minimum Gasteiger partial charge on any atom is -0.481 e. The lowest BCUT2D eigenvalue weighted by Gasteiger charge is -2.23. The number of nitrogens with one attached hydrogen (secondary N) is 1. The van der Waals surface area contributed by atoms with Gasteiger partial charge in [-0.05, 0) is 84.5 Å². The summed E-state index contributed by atoms with van der Waals surface area (Å²) >= 11 is 6.00. The Morgan fingerprint density at radius 3 is 2.22 bits per heavy atom. The molecular formula is C26H27ClFNO3. The van der Waals surface area contributed by atoms with Crippen LogP contribution in [0.4, 0.5) is 15.8 Å². The summed E-state index contributed by atoms with van der Waals surface area (Å²) in [4.78, 5) is 11.4. The molecule has 3 aromatic rings. The number of rotatable bonds is 10. The highest BCUT2D eigenvalue weighted by molar-refractivity contribution is 6.30. The molecule has 0 heterocycles. The van der Waals surface area contributed by atoms with E-state index < -0.39 is 12.1 Å². The third-order valence-electron chi connectivity index (χ3n) is 5.30. The molecule has 4 nitrogen and oxygen atoms in total. The molecule has 0 aliphatic heterocycles. The van der Waals surface area contributed by atoms with Crippen molar-refractivity contribution in [2.24, 2.45) is 0 Å². The highest BCUT2D eigenvalue weighted by atomic mass is 35.5. The minimum atomic E-state index is -0.839. The summed E-state index contributed by atoms with van der Waals surface area (Å²) in [6.07, 6.45) is 0.316. The molecule has 0 saturated carbocycles. The van der Waals surface area contributed by atoms with Gasteiger partial charge < -0.3 is 15.2 Å². The van der Waals surface area contributed by atoms with Crippen LogP contribution in [0.3, 0.4) is 0 Å². The van der Waals surface area contributed by atoms with Crippen LogP contribution >= 0.6 is 11.6 Å². The second-order valence-electron chi connectivity index (χ2n) is 7.61. The van der Waals surface area contributed by atoms with E-state index in [0.29, 0.717) is 18.1 Å². The molecule has 2 atom stereocenters. The Bertz CT molecular complexity index is 1040. The Hall–Kier alpha value is -2.89. The first-order valence-corrected chi connectivity index (χ1v) is 11.0. The molecule has 0 aliphatic carbocycles. The minimum absolute atomic E-state index is 0.0379. The lowest BCUT2D eigenvalue weighted by atomic mass is 9.89. The molecule has 3 aromatic carbocycles. The predicted molar refractivity (Wildman–Crippen MR) is 126 cm³/mol. The Morgan fingerprint density at radius 2 is 1.62 bits per heavy atom. The number of aliphatic carboxylic acids is 1. The van der Waals surface area contributed by atoms with Crippen LogP contribution in [0.15, 0.2) is 66.7 Å². The van der Waals surface area contributed by atoms with Gasteiger partial charge in [-0.1, -0.05) is 36.7 Å². The molecule has 0 amide bonds. The van der Waals surface area contributed by atoms with Crippen LogP contribution < -0.4 is 5.32 Å². The highest BCUT2D eigenvalue weighted by Gasteiger charge is 2.20. The normalized spacial score (nSPS) is 12.9. The van der Waals surface area contributed by atoms with E-state index in [0.717, 1.165) is 28.1 Å². The zero-order valence-corrected chi connectivity index (χ0v) is 18.9. The Morgan fingerprint density at radius 1 is 0.969 bits per heavy atom. The van der Waals surface area contributed by atoms with Crippen molar-refractivity contribution in [1.82, 2.24) is 0 Å². The van der Waals surface area contributed by atoms with Gasteiger partial charge in [-0.25, -0.2) is 4.39 Å². The average Bonchev–Trinajstić information content (AvgIpc) is 2.78. The summed E-state index contributed by atoms with van der Waals surface area (Å²) in [5, 5.41) is 13.4. The lowest BCUT2D eigenvalue weighted by molar-refractivity contribution is -0.137. The van der Waals surface area contributed by atoms with Gasteiger partial charge in [0.15, 0.2) is 0 Å². The Kier molecular flexibility index (Phi) is 8.26. The van der Waals surface area contributed by atoms with Crippen molar-refractivity contribution < 1.29 is 19.0 Å². The number of ether oxygens (including phenoxy) is 1. The maximum absolute atomic E-state index is 13.5. The highest BCUT2D eigenvalue weighted by Crippen LogP contribution is 2.34. The summed E-state index contributed by atoms with van der Waals surface area (Å²) < 4.78 is 19.5. The van der Waals surface area contributed by atoms with Crippen LogP contribution in [-0.4, -0.2) is 17.7 Å². The Labute approximate surface area is 193 Å². The van der Waals surface area contributed by atoms with Crippen molar-refractivity contribution in [1.29, 1.82) is 0 Å². The van der Waals surface area contributed by atoms with Crippen molar-refractivity contribution in [3.05, 3.63) is 94.3 Å². The molecule has 0 bridgehead atoms. The van der Waals surface area contributed by atoms with Crippen LogP contribution in [0, 0.1) is 5.82 Å². The molecular weight excluding hydrogens is 429 g/mol. The van der Waals surface area contributed by atoms with Gasteiger partial charge in [-0.2, -0.15) is 0 Å². The number of benzene rings is 3. The zero-order valence-electron chi connectivity index (χ0n) is 18.1. The SMILES string of the molecule is CCO[C@H](c1ccc(F)cc1)c1cc(Nc2ccc(Cl)cc2)cc([C@@H](CC)CC(=O)O)c1. The standard InChI is InChI=1S/C26H27ClFNO3/c1-3-17(16-25(30)31)19-13-20(26(32-4-2)18-5-9-22(28)10-6-18)15-24(14-19)29-23-11-7-21(27)8-12-23/h5-15,17,26,29H,3-4,16H2,1-2H3,(H,30,31)/t17-,26+/m0/s1. The fourth-order valence-electron chi connectivity index (χ4n) is 3.73. The molecule has 3 rings (SSSR count). The second kappa shape index (κ2) is 11.1. The van der Waals surface area contributed by atoms with E-state index in [9.17, 15) is 14.3 Å². The molecule has 32 heavy (non-hydrogen) atoms. The monoisotopic (exact) mass is 455 g/mol. The van der Waals surface area contributed by atoms with E-state index >= 15 is 0 Å². The number of halogens is 2. The number of carboxylic acid groups (broad SMARTS) is 1. The molecule has 0 saturated heterocycles. The van der Waals surface area contributed by atoms with E-state index in [1.165, 1.54) is 12.1 Å². The molecule has 6 heteroatoms. The van der Waals surface area contributed by atoms with Gasteiger partial charge in [0.25, 0.3) is 0 Å². The average molecular weight is 456 g/mol. The van der Waals surface area contributed by atoms with Crippen LogP contribution in [0.25, 0.3) is 0 Å². The van der Waals surface area contributed by atoms with E-state index in [-0.39, 0.29) is 18.2 Å². The summed E-state index contributed by atoms with van der Waals surface area (Å²) in [5.41, 5.74) is 4.29. The third-order valence-corrected chi connectivity index (χ3v) is 5.56. The van der Waals surface area contributed by atoms with E-state index in [2.05, 4.69) is 5.32 Å². The van der Waals surface area contributed by atoms with Crippen LogP contribution in [0.5, 0.6) is 0 Å². The number of anilines is 2. The van der Waals surface area contributed by atoms with Crippen molar-refractivity contribution in [3.63, 3.8) is 0 Å². The van der Waals surface area contributed by atoms with Crippen molar-refractivity contribution in [2.75, 3.05) is 11.9 Å². The van der Waals surface area contributed by atoms with Gasteiger partial charge >= 0.3 is 5.97 Å². The van der Waals surface area contributed by atoms with E-state index in [1.54, 1.807) is 24.3 Å². The molecule has 0 radical (unpaired) electrons. The largest absolute Gasteiger partial charge is 0.481 e. The fourth-order valence-corrected chi connectivity index (χ4v) is 3.86. The van der Waals surface area contributed by atoms with Crippen LogP contribution in [0.2, 0.25) is 5.02 Å². The van der Waals surface area contributed by atoms with Crippen LogP contribution in [0.1, 0.15) is 55.4 Å². The quantitative estimate of drug-likeness (QED) is 0.336. The first kappa shape index (κ1) is 23.8. The van der Waals surface area contributed by atoms with Gasteiger partial charge in [-0.15, -0.1) is 0 Å². The first-order chi connectivity index (χ1) is 15.4. The number of carbonyl (C=O) groups is 1. The number of hydrogen-bond donors (Lipinski definition) is 2. The van der Waals surface area contributed by atoms with Gasteiger partial charge in [0.05, 0.1) is 6.42 Å². The summed E-state index contributed by atoms with van der Waals surface area (Å²) in [5.74, 6) is -1.29. The predicted octanol–water partition coefficient (Wildman–Crippen LogP) is 7.32. The number of carboxylic acids is 1. The molecule has 0 spiro atoms. The van der Waals surface area contributed by atoms with Crippen LogP contribution in [-0.2, 0) is 9.53 Å². The first-order valence-electron chi connectivity index (χ1n) is 10.7. The van der Waals surface area contributed by atoms with E-state index in [4.69, 9.17) is 16.3 Å². The lowest BCUT2D eigenvalue weighted by Crippen LogP contribution is -2.10. The molecule has 0 aromatic heterocycles. The zero-order chi connectivity index (χ0) is 23.1. The maximum Gasteiger partial charge on any atom is 0.303 e. The topological polar surface area (TPSA) is 58.6 Å². The summed E-state index contributed by atoms with van der Waals surface area (Å²) in [6.45, 7) is 4.36. The van der Waals surface area contributed by atoms with E-state index in [1.807, 2.05) is 44.2 Å². The summed E-state index contributed by atoms with van der Waals surface area (Å²) in [6, 6.07) is 19.6. The molecule has 0 fully saturated rings. The molecule has 2 N–H and O–H groups in total. The van der Waals surface area contributed by atoms with Gasteiger partial charge in [0.1, 0.15) is 11.9 Å². The number of hydrogen-bond acceptors (Lipinski definition) is 3. The van der Waals surface area contributed by atoms with Crippen molar-refractivity contribution in [2.45, 2.75) is 38.7 Å². The van der Waals surface area contributed by atoms with Gasteiger partial charge in [0, 0.05) is 23.0 Å². The van der Waals surface area contributed by atoms with Crippen molar-refractivity contribution >= 4 is 28.9 Å². The van der Waals surface area contributed by atoms with Gasteiger partial charge in [0.2, 0.25) is 0 Å². The fraction of sp³-hybridized carbons (Fsp3) is 0.269. The molecule has 0 unspecified atom stereocenters. The smallest absolute Gasteiger partial charge is 0.303 e. The van der Waals surface area contributed by atoms with Gasteiger partial charge in [-0.3, -0.25) is 4.79 Å².